The van der Waals surface area contributed by atoms with Crippen LogP contribution in [-0.4, -0.2) is 4.98 Å². The molecule has 1 saturated carbocycles. The molecule has 1 nitrogen and oxygen atoms in total. The number of unbranched alkanes of at least 4 members (excludes halogenated alkanes) is 6. The molecular weight excluding hydrogens is 381 g/mol. The molecule has 0 unspecified atom stereocenters. The number of aryl methyl sites for hydroxylation is 1. The van der Waals surface area contributed by atoms with E-state index in [-0.39, 0.29) is 5.82 Å². The molecule has 0 atom stereocenters. The first-order valence-corrected chi connectivity index (χ1v) is 13.0. The molecule has 2 aromatic rings. The van der Waals surface area contributed by atoms with Gasteiger partial charge < -0.3 is 0 Å². The molecule has 1 aromatic carbocycles. The maximum Gasteiger partial charge on any atom is 0.132 e. The lowest BCUT2D eigenvalue weighted by Crippen LogP contribution is -2.13. The maximum absolute atomic E-state index is 14.8. The van der Waals surface area contributed by atoms with Crippen molar-refractivity contribution in [2.24, 2.45) is 5.92 Å². The highest BCUT2D eigenvalue weighted by Gasteiger charge is 2.22. The van der Waals surface area contributed by atoms with Gasteiger partial charge in [0.1, 0.15) is 5.82 Å². The lowest BCUT2D eigenvalue weighted by molar-refractivity contribution is 0.308. The summed E-state index contributed by atoms with van der Waals surface area (Å²) in [6, 6.07) is 9.92. The van der Waals surface area contributed by atoms with Crippen molar-refractivity contribution in [1.29, 1.82) is 0 Å². The summed E-state index contributed by atoms with van der Waals surface area (Å²) in [4.78, 5) is 4.64. The quantitative estimate of drug-likeness (QED) is 0.310. The Morgan fingerprint density at radius 1 is 0.839 bits per heavy atom. The first kappa shape index (κ1) is 24.0. The molecule has 0 amide bonds. The minimum absolute atomic E-state index is 0.138. The lowest BCUT2D eigenvalue weighted by Gasteiger charge is -2.28. The van der Waals surface area contributed by atoms with Gasteiger partial charge in [0.2, 0.25) is 0 Å². The third-order valence-corrected chi connectivity index (χ3v) is 7.18. The Morgan fingerprint density at radius 3 is 2.23 bits per heavy atom. The molecule has 2 heteroatoms. The normalized spacial score (nSPS) is 18.9. The van der Waals surface area contributed by atoms with Gasteiger partial charge in [0.25, 0.3) is 0 Å². The van der Waals surface area contributed by atoms with E-state index >= 15 is 0 Å². The van der Waals surface area contributed by atoms with E-state index in [9.17, 15) is 4.39 Å². The summed E-state index contributed by atoms with van der Waals surface area (Å²) in [6.07, 6.45) is 19.9. The average Bonchev–Trinajstić information content (AvgIpc) is 2.80. The third kappa shape index (κ3) is 7.44. The number of benzene rings is 1. The molecule has 1 heterocycles. The minimum Gasteiger partial charge on any atom is -0.256 e. The van der Waals surface area contributed by atoms with Crippen molar-refractivity contribution in [2.45, 2.75) is 110 Å². The van der Waals surface area contributed by atoms with E-state index in [0.717, 1.165) is 30.0 Å². The Bertz CT molecular complexity index is 759. The smallest absolute Gasteiger partial charge is 0.132 e. The van der Waals surface area contributed by atoms with Crippen LogP contribution in [0.4, 0.5) is 4.39 Å². The summed E-state index contributed by atoms with van der Waals surface area (Å²) < 4.78 is 14.8. The highest BCUT2D eigenvalue weighted by molar-refractivity contribution is 5.60. The zero-order valence-electron chi connectivity index (χ0n) is 19.8. The van der Waals surface area contributed by atoms with E-state index in [4.69, 9.17) is 0 Å². The van der Waals surface area contributed by atoms with E-state index in [1.54, 1.807) is 6.07 Å². The number of nitrogens with zero attached hydrogens (tertiary/aromatic N) is 1. The van der Waals surface area contributed by atoms with Crippen LogP contribution in [0.5, 0.6) is 0 Å². The van der Waals surface area contributed by atoms with Gasteiger partial charge in [0, 0.05) is 11.8 Å². The highest BCUT2D eigenvalue weighted by Crippen LogP contribution is 2.37. The second-order valence-corrected chi connectivity index (χ2v) is 9.67. The Kier molecular flexibility index (Phi) is 10.0. The van der Waals surface area contributed by atoms with Crippen LogP contribution in [0.15, 0.2) is 36.5 Å². The fraction of sp³-hybridized carbons (Fsp3) is 0.621. The number of hydrogen-bond donors (Lipinski definition) is 0. The predicted octanol–water partition coefficient (Wildman–Crippen LogP) is 9.25. The van der Waals surface area contributed by atoms with Crippen LogP contribution in [-0.2, 0) is 6.42 Å². The Balaban J connectivity index is 1.50. The SMILES string of the molecule is CCCCCCCCCc1ccc(-c2ccc([C@H]3CC[C@H](CCC)CC3)cn2)c(F)c1. The second kappa shape index (κ2) is 13.0. The van der Waals surface area contributed by atoms with Crippen molar-refractivity contribution in [1.82, 2.24) is 4.98 Å². The van der Waals surface area contributed by atoms with Crippen LogP contribution in [0.25, 0.3) is 11.3 Å². The van der Waals surface area contributed by atoms with E-state index in [0.29, 0.717) is 11.5 Å². The molecule has 3 rings (SSSR count). The van der Waals surface area contributed by atoms with Crippen LogP contribution in [0.2, 0.25) is 0 Å². The Labute approximate surface area is 189 Å². The van der Waals surface area contributed by atoms with Crippen molar-refractivity contribution in [3.8, 4) is 11.3 Å². The van der Waals surface area contributed by atoms with Gasteiger partial charge in [-0.2, -0.15) is 0 Å². The highest BCUT2D eigenvalue weighted by atomic mass is 19.1. The zero-order chi connectivity index (χ0) is 21.9. The molecule has 1 aromatic heterocycles. The van der Waals surface area contributed by atoms with Gasteiger partial charge in [-0.25, -0.2) is 4.39 Å². The van der Waals surface area contributed by atoms with Crippen molar-refractivity contribution < 1.29 is 4.39 Å². The average molecular weight is 424 g/mol. The summed E-state index contributed by atoms with van der Waals surface area (Å²) >= 11 is 0. The molecule has 0 spiro atoms. The van der Waals surface area contributed by atoms with Crippen LogP contribution >= 0.6 is 0 Å². The van der Waals surface area contributed by atoms with Gasteiger partial charge in [-0.15, -0.1) is 0 Å². The van der Waals surface area contributed by atoms with E-state index in [2.05, 4.69) is 31.0 Å². The summed E-state index contributed by atoms with van der Waals surface area (Å²) in [5, 5.41) is 0. The number of halogens is 1. The topological polar surface area (TPSA) is 12.9 Å². The number of hydrogen-bond acceptors (Lipinski definition) is 1. The Morgan fingerprint density at radius 2 is 1.58 bits per heavy atom. The lowest BCUT2D eigenvalue weighted by atomic mass is 9.77. The maximum atomic E-state index is 14.8. The fourth-order valence-corrected chi connectivity index (χ4v) is 5.21. The van der Waals surface area contributed by atoms with Gasteiger partial charge >= 0.3 is 0 Å². The van der Waals surface area contributed by atoms with Crippen LogP contribution < -0.4 is 0 Å². The molecule has 1 aliphatic carbocycles. The van der Waals surface area contributed by atoms with Crippen molar-refractivity contribution >= 4 is 0 Å². The van der Waals surface area contributed by atoms with Gasteiger partial charge in [-0.3, -0.25) is 4.98 Å². The molecule has 0 N–H and O–H groups in total. The van der Waals surface area contributed by atoms with E-state index in [1.807, 2.05) is 18.3 Å². The molecule has 0 radical (unpaired) electrons. The van der Waals surface area contributed by atoms with Gasteiger partial charge in [0.15, 0.2) is 0 Å². The van der Waals surface area contributed by atoms with Crippen LogP contribution in [0, 0.1) is 11.7 Å². The van der Waals surface area contributed by atoms with Gasteiger partial charge in [-0.05, 0) is 79.7 Å². The molecule has 170 valence electrons. The standard InChI is InChI=1S/C29H42FN/c1-3-5-6-7-8-9-10-12-24-15-19-27(28(30)21-24)29-20-18-26(22-31-29)25-16-13-23(11-4-2)14-17-25/h15,18-23,25H,3-14,16-17H2,1-2H3/t23-,25-. The Hall–Kier alpha value is -1.70. The predicted molar refractivity (Wildman–Crippen MR) is 131 cm³/mol. The van der Waals surface area contributed by atoms with Gasteiger partial charge in [0.05, 0.1) is 5.69 Å². The summed E-state index contributed by atoms with van der Waals surface area (Å²) in [5.41, 5.74) is 3.81. The molecule has 0 saturated heterocycles. The first-order chi connectivity index (χ1) is 15.2. The molecule has 1 fully saturated rings. The van der Waals surface area contributed by atoms with Crippen LogP contribution in [0.1, 0.15) is 114 Å². The van der Waals surface area contributed by atoms with Crippen molar-refractivity contribution in [3.63, 3.8) is 0 Å². The zero-order valence-corrected chi connectivity index (χ0v) is 19.8. The van der Waals surface area contributed by atoms with Crippen molar-refractivity contribution in [2.75, 3.05) is 0 Å². The van der Waals surface area contributed by atoms with Crippen LogP contribution in [0.3, 0.4) is 0 Å². The monoisotopic (exact) mass is 423 g/mol. The molecule has 0 aliphatic heterocycles. The number of aromatic nitrogens is 1. The fourth-order valence-electron chi connectivity index (χ4n) is 5.21. The third-order valence-electron chi connectivity index (χ3n) is 7.18. The second-order valence-electron chi connectivity index (χ2n) is 9.67. The summed E-state index contributed by atoms with van der Waals surface area (Å²) in [6.45, 7) is 4.54. The largest absolute Gasteiger partial charge is 0.256 e. The van der Waals surface area contributed by atoms with Gasteiger partial charge in [-0.1, -0.05) is 77.3 Å². The first-order valence-electron chi connectivity index (χ1n) is 13.0. The summed E-state index contributed by atoms with van der Waals surface area (Å²) in [5.74, 6) is 1.41. The minimum atomic E-state index is -0.138. The number of rotatable bonds is 12. The van der Waals surface area contributed by atoms with E-state index in [1.165, 1.54) is 82.6 Å². The molecular formula is C29H42FN. The molecule has 1 aliphatic rings. The summed E-state index contributed by atoms with van der Waals surface area (Å²) in [7, 11) is 0. The molecule has 31 heavy (non-hydrogen) atoms. The van der Waals surface area contributed by atoms with Crippen molar-refractivity contribution in [3.05, 3.63) is 53.5 Å². The van der Waals surface area contributed by atoms with E-state index < -0.39 is 0 Å². The molecule has 0 bridgehead atoms. The number of pyridine rings is 1.